The molecule has 0 unspecified atom stereocenters. The molecule has 0 aromatic heterocycles. The van der Waals surface area contributed by atoms with E-state index in [1.54, 1.807) is 52.7 Å². The predicted octanol–water partition coefficient (Wildman–Crippen LogP) is 3.61. The highest BCUT2D eigenvalue weighted by atomic mass is 16.5. The van der Waals surface area contributed by atoms with Crippen molar-refractivity contribution in [3.8, 4) is 23.0 Å². The Labute approximate surface area is 149 Å². The maximum absolute atomic E-state index is 11.6. The first-order valence-electron chi connectivity index (χ1n) is 8.09. The van der Waals surface area contributed by atoms with Crippen molar-refractivity contribution < 1.29 is 24.1 Å². The normalized spacial score (nSPS) is 11.4. The van der Waals surface area contributed by atoms with Crippen molar-refractivity contribution in [1.82, 2.24) is 0 Å². The van der Waals surface area contributed by atoms with Crippen molar-refractivity contribution in [2.24, 2.45) is 5.92 Å². The molecule has 2 aromatic rings. The first-order chi connectivity index (χ1) is 11.9. The third-order valence-electron chi connectivity index (χ3n) is 4.48. The molecule has 0 heterocycles. The molecule has 5 heteroatoms. The monoisotopic (exact) mass is 346 g/mol. The van der Waals surface area contributed by atoms with Crippen LogP contribution in [0.5, 0.6) is 23.0 Å². The van der Waals surface area contributed by atoms with Crippen molar-refractivity contribution in [3.63, 3.8) is 0 Å². The molecule has 0 spiro atoms. The lowest BCUT2D eigenvalue weighted by Gasteiger charge is -2.34. The minimum atomic E-state index is -1.22. The van der Waals surface area contributed by atoms with Gasteiger partial charge in [-0.1, -0.05) is 26.0 Å². The quantitative estimate of drug-likeness (QED) is 0.830. The molecule has 5 nitrogen and oxygen atoms in total. The number of benzene rings is 2. The molecule has 0 amide bonds. The molecule has 0 saturated carbocycles. The number of hydrogen-bond donors (Lipinski definition) is 1. The first-order valence-corrected chi connectivity index (χ1v) is 8.09. The van der Waals surface area contributed by atoms with Crippen LogP contribution in [-0.4, -0.2) is 33.5 Å². The van der Waals surface area contributed by atoms with Crippen LogP contribution in [0.15, 0.2) is 36.4 Å². The number of hydrogen-bond acceptors (Lipinski definition) is 5. The number of rotatable bonds is 7. The van der Waals surface area contributed by atoms with E-state index in [1.165, 1.54) is 0 Å². The standard InChI is InChI=1S/C20H26O5/c1-13(2)20(21,14-7-9-16(22-3)18(11-14)24-5)15-8-10-17(23-4)19(12-15)25-6/h7-13,21H,1-6H3. The van der Waals surface area contributed by atoms with Crippen molar-refractivity contribution in [2.75, 3.05) is 28.4 Å². The van der Waals surface area contributed by atoms with Gasteiger partial charge in [0.1, 0.15) is 5.60 Å². The molecular formula is C20H26O5. The van der Waals surface area contributed by atoms with E-state index in [0.717, 1.165) is 0 Å². The predicted molar refractivity (Wildman–Crippen MR) is 96.9 cm³/mol. The zero-order chi connectivity index (χ0) is 18.6. The lowest BCUT2D eigenvalue weighted by molar-refractivity contribution is 0.0313. The maximum Gasteiger partial charge on any atom is 0.161 e. The zero-order valence-electron chi connectivity index (χ0n) is 15.6. The van der Waals surface area contributed by atoms with Crippen LogP contribution in [0.25, 0.3) is 0 Å². The third kappa shape index (κ3) is 3.37. The van der Waals surface area contributed by atoms with Crippen LogP contribution < -0.4 is 18.9 Å². The molecule has 0 aliphatic rings. The Balaban J connectivity index is 2.63. The van der Waals surface area contributed by atoms with E-state index in [4.69, 9.17) is 18.9 Å². The van der Waals surface area contributed by atoms with E-state index in [-0.39, 0.29) is 5.92 Å². The number of ether oxygens (including phenoxy) is 4. The van der Waals surface area contributed by atoms with Crippen LogP contribution in [0.4, 0.5) is 0 Å². The van der Waals surface area contributed by atoms with E-state index < -0.39 is 5.60 Å². The molecule has 0 aliphatic heterocycles. The largest absolute Gasteiger partial charge is 0.493 e. The van der Waals surface area contributed by atoms with Gasteiger partial charge >= 0.3 is 0 Å². The van der Waals surface area contributed by atoms with E-state index >= 15 is 0 Å². The van der Waals surface area contributed by atoms with Crippen molar-refractivity contribution in [1.29, 1.82) is 0 Å². The summed E-state index contributed by atoms with van der Waals surface area (Å²) in [6, 6.07) is 10.9. The van der Waals surface area contributed by atoms with Crippen LogP contribution in [0.2, 0.25) is 0 Å². The van der Waals surface area contributed by atoms with Crippen LogP contribution in [0.3, 0.4) is 0 Å². The average Bonchev–Trinajstić information content (AvgIpc) is 2.65. The molecule has 0 bridgehead atoms. The van der Waals surface area contributed by atoms with E-state index in [2.05, 4.69) is 0 Å². The minimum Gasteiger partial charge on any atom is -0.493 e. The van der Waals surface area contributed by atoms with Gasteiger partial charge in [-0.05, 0) is 41.3 Å². The van der Waals surface area contributed by atoms with Gasteiger partial charge in [0.05, 0.1) is 28.4 Å². The number of methoxy groups -OCH3 is 4. The average molecular weight is 346 g/mol. The summed E-state index contributed by atoms with van der Waals surface area (Å²) in [7, 11) is 6.32. The summed E-state index contributed by atoms with van der Waals surface area (Å²) in [5.74, 6) is 2.28. The molecule has 0 saturated heterocycles. The fourth-order valence-electron chi connectivity index (χ4n) is 2.98. The Morgan fingerprint density at radius 2 is 1.04 bits per heavy atom. The van der Waals surface area contributed by atoms with Gasteiger partial charge in [0, 0.05) is 0 Å². The fourth-order valence-corrected chi connectivity index (χ4v) is 2.98. The van der Waals surface area contributed by atoms with Gasteiger partial charge in [0.15, 0.2) is 23.0 Å². The second-order valence-electron chi connectivity index (χ2n) is 6.06. The summed E-state index contributed by atoms with van der Waals surface area (Å²) in [6.45, 7) is 3.93. The Hall–Kier alpha value is -2.40. The van der Waals surface area contributed by atoms with Gasteiger partial charge in [-0.3, -0.25) is 0 Å². The topological polar surface area (TPSA) is 57.2 Å². The minimum absolute atomic E-state index is 0.0938. The molecule has 136 valence electrons. The van der Waals surface area contributed by atoms with Crippen LogP contribution in [0.1, 0.15) is 25.0 Å². The molecule has 1 N–H and O–H groups in total. The van der Waals surface area contributed by atoms with Crippen LogP contribution in [0, 0.1) is 5.92 Å². The van der Waals surface area contributed by atoms with Crippen molar-refractivity contribution >= 4 is 0 Å². The van der Waals surface area contributed by atoms with E-state index in [1.807, 2.05) is 26.0 Å². The van der Waals surface area contributed by atoms with Gasteiger partial charge in [0.25, 0.3) is 0 Å². The second-order valence-corrected chi connectivity index (χ2v) is 6.06. The van der Waals surface area contributed by atoms with E-state index in [9.17, 15) is 5.11 Å². The van der Waals surface area contributed by atoms with Gasteiger partial charge in [-0.25, -0.2) is 0 Å². The molecule has 2 rings (SSSR count). The summed E-state index contributed by atoms with van der Waals surface area (Å²) in [4.78, 5) is 0. The Morgan fingerprint density at radius 3 is 1.32 bits per heavy atom. The summed E-state index contributed by atoms with van der Waals surface area (Å²) in [6.07, 6.45) is 0. The summed E-state index contributed by atoms with van der Waals surface area (Å²) < 4.78 is 21.4. The summed E-state index contributed by atoms with van der Waals surface area (Å²) in [5, 5.41) is 11.6. The lowest BCUT2D eigenvalue weighted by atomic mass is 9.77. The van der Waals surface area contributed by atoms with Gasteiger partial charge < -0.3 is 24.1 Å². The molecule has 25 heavy (non-hydrogen) atoms. The van der Waals surface area contributed by atoms with Gasteiger partial charge in [-0.15, -0.1) is 0 Å². The Kier molecular flexibility index (Phi) is 5.80. The Bertz CT molecular complexity index is 669. The molecule has 0 radical (unpaired) electrons. The highest BCUT2D eigenvalue weighted by molar-refractivity contribution is 5.51. The highest BCUT2D eigenvalue weighted by Crippen LogP contribution is 2.42. The summed E-state index contributed by atoms with van der Waals surface area (Å²) >= 11 is 0. The molecule has 2 aromatic carbocycles. The SMILES string of the molecule is COc1ccc(C(O)(c2ccc(OC)c(OC)c2)C(C)C)cc1OC. The highest BCUT2D eigenvalue weighted by Gasteiger charge is 2.36. The van der Waals surface area contributed by atoms with Crippen molar-refractivity contribution in [3.05, 3.63) is 47.5 Å². The molecule has 0 fully saturated rings. The maximum atomic E-state index is 11.6. The Morgan fingerprint density at radius 1 is 0.680 bits per heavy atom. The van der Waals surface area contributed by atoms with Crippen LogP contribution in [-0.2, 0) is 5.60 Å². The van der Waals surface area contributed by atoms with E-state index in [0.29, 0.717) is 34.1 Å². The van der Waals surface area contributed by atoms with Crippen molar-refractivity contribution in [2.45, 2.75) is 19.4 Å². The number of aliphatic hydroxyl groups is 1. The molecular weight excluding hydrogens is 320 g/mol. The smallest absolute Gasteiger partial charge is 0.161 e. The molecule has 0 atom stereocenters. The third-order valence-corrected chi connectivity index (χ3v) is 4.48. The lowest BCUT2D eigenvalue weighted by Crippen LogP contribution is -2.33. The molecule has 0 aliphatic carbocycles. The second kappa shape index (κ2) is 7.66. The summed E-state index contributed by atoms with van der Waals surface area (Å²) in [5.41, 5.74) is 0.207. The first kappa shape index (κ1) is 18.9. The fraction of sp³-hybridized carbons (Fsp3) is 0.400. The van der Waals surface area contributed by atoms with Gasteiger partial charge in [0.2, 0.25) is 0 Å². The van der Waals surface area contributed by atoms with Crippen LogP contribution >= 0.6 is 0 Å². The van der Waals surface area contributed by atoms with Gasteiger partial charge in [-0.2, -0.15) is 0 Å². The zero-order valence-corrected chi connectivity index (χ0v) is 15.6.